The highest BCUT2D eigenvalue weighted by molar-refractivity contribution is 7.98. The number of carbonyl (C=O) groups excluding carboxylic acids is 1. The maximum absolute atomic E-state index is 12.7. The number of nitrogens with zero attached hydrogens (tertiary/aromatic N) is 4. The summed E-state index contributed by atoms with van der Waals surface area (Å²) in [4.78, 5) is 26.2. The van der Waals surface area contributed by atoms with Crippen LogP contribution in [0, 0.1) is 13.8 Å². The Morgan fingerprint density at radius 2 is 2.00 bits per heavy atom. The van der Waals surface area contributed by atoms with Gasteiger partial charge in [0.1, 0.15) is 5.82 Å². The molecule has 1 aliphatic heterocycles. The predicted molar refractivity (Wildman–Crippen MR) is 118 cm³/mol. The molecule has 0 spiro atoms. The van der Waals surface area contributed by atoms with E-state index in [-0.39, 0.29) is 5.91 Å². The molecule has 3 rings (SSSR count). The Hall–Kier alpha value is -2.12. The summed E-state index contributed by atoms with van der Waals surface area (Å²) in [5.41, 5.74) is 3.97. The number of anilines is 1. The lowest BCUT2D eigenvalue weighted by Gasteiger charge is -2.27. The van der Waals surface area contributed by atoms with Gasteiger partial charge in [0.15, 0.2) is 5.16 Å². The second kappa shape index (κ2) is 10.1. The molecule has 156 valence electrons. The zero-order valence-corrected chi connectivity index (χ0v) is 18.6. The zero-order chi connectivity index (χ0) is 20.8. The van der Waals surface area contributed by atoms with E-state index in [4.69, 9.17) is 9.72 Å². The number of aromatic nitrogens is 2. The minimum atomic E-state index is 0.0751. The van der Waals surface area contributed by atoms with Crippen molar-refractivity contribution in [1.82, 2.24) is 14.9 Å². The van der Waals surface area contributed by atoms with Crippen molar-refractivity contribution in [1.29, 1.82) is 0 Å². The Morgan fingerprint density at radius 1 is 1.24 bits per heavy atom. The standard InChI is InChI=1S/C22H30N4O2S/c1-5-9-25(4)20-16(2)17(3)23-22(24-20)29-15-18-7-6-8-19(14-18)21(27)26-10-12-28-13-11-26/h6-8,14H,5,9-13,15H2,1-4H3. The molecule has 1 aliphatic rings. The molecule has 7 heteroatoms. The van der Waals surface area contributed by atoms with Gasteiger partial charge < -0.3 is 14.5 Å². The molecule has 0 bridgehead atoms. The molecule has 1 aromatic heterocycles. The number of benzene rings is 1. The zero-order valence-electron chi connectivity index (χ0n) is 17.8. The minimum Gasteiger partial charge on any atom is -0.378 e. The van der Waals surface area contributed by atoms with Crippen molar-refractivity contribution < 1.29 is 9.53 Å². The van der Waals surface area contributed by atoms with Gasteiger partial charge in [-0.15, -0.1) is 0 Å². The van der Waals surface area contributed by atoms with Crippen LogP contribution in [0.1, 0.15) is 40.5 Å². The van der Waals surface area contributed by atoms with Gasteiger partial charge in [-0.25, -0.2) is 9.97 Å². The summed E-state index contributed by atoms with van der Waals surface area (Å²) in [6.45, 7) is 9.77. The fourth-order valence-electron chi connectivity index (χ4n) is 3.36. The van der Waals surface area contributed by atoms with Gasteiger partial charge in [0.05, 0.1) is 13.2 Å². The summed E-state index contributed by atoms with van der Waals surface area (Å²) >= 11 is 1.61. The number of aryl methyl sites for hydroxylation is 1. The van der Waals surface area contributed by atoms with Crippen molar-refractivity contribution in [3.8, 4) is 0 Å². The molecule has 0 unspecified atom stereocenters. The molecule has 6 nitrogen and oxygen atoms in total. The van der Waals surface area contributed by atoms with E-state index in [1.807, 2.05) is 36.1 Å². The lowest BCUT2D eigenvalue weighted by molar-refractivity contribution is 0.0303. The molecule has 0 saturated carbocycles. The lowest BCUT2D eigenvalue weighted by atomic mass is 10.1. The number of thioether (sulfide) groups is 1. The highest BCUT2D eigenvalue weighted by Gasteiger charge is 2.19. The van der Waals surface area contributed by atoms with Gasteiger partial charge in [0.25, 0.3) is 5.91 Å². The van der Waals surface area contributed by atoms with Crippen molar-refractivity contribution in [2.24, 2.45) is 0 Å². The van der Waals surface area contributed by atoms with Crippen LogP contribution in [0.5, 0.6) is 0 Å². The molecule has 1 saturated heterocycles. The number of carbonyl (C=O) groups is 1. The number of rotatable bonds is 7. The summed E-state index contributed by atoms with van der Waals surface area (Å²) in [6, 6.07) is 7.87. The Balaban J connectivity index is 1.71. The largest absolute Gasteiger partial charge is 0.378 e. The van der Waals surface area contributed by atoms with Gasteiger partial charge in [-0.2, -0.15) is 0 Å². The smallest absolute Gasteiger partial charge is 0.254 e. The first-order chi connectivity index (χ1) is 14.0. The normalized spacial score (nSPS) is 14.1. The van der Waals surface area contributed by atoms with Crippen molar-refractivity contribution in [2.45, 2.75) is 38.1 Å². The number of ether oxygens (including phenoxy) is 1. The van der Waals surface area contributed by atoms with Gasteiger partial charge in [0.2, 0.25) is 0 Å². The van der Waals surface area contributed by atoms with E-state index in [1.54, 1.807) is 11.8 Å². The Kier molecular flexibility index (Phi) is 7.50. The minimum absolute atomic E-state index is 0.0751. The molecular formula is C22H30N4O2S. The highest BCUT2D eigenvalue weighted by atomic mass is 32.2. The van der Waals surface area contributed by atoms with E-state index < -0.39 is 0 Å². The second-order valence-corrected chi connectivity index (χ2v) is 8.30. The monoisotopic (exact) mass is 414 g/mol. The van der Waals surface area contributed by atoms with E-state index >= 15 is 0 Å². The molecule has 1 fully saturated rings. The van der Waals surface area contributed by atoms with Crippen LogP contribution in [-0.2, 0) is 10.5 Å². The van der Waals surface area contributed by atoms with E-state index in [2.05, 4.69) is 30.8 Å². The summed E-state index contributed by atoms with van der Waals surface area (Å²) in [5.74, 6) is 1.80. The first-order valence-electron chi connectivity index (χ1n) is 10.1. The third-order valence-electron chi connectivity index (χ3n) is 5.10. The van der Waals surface area contributed by atoms with Crippen LogP contribution in [0.25, 0.3) is 0 Å². The molecule has 29 heavy (non-hydrogen) atoms. The Labute approximate surface area is 177 Å². The fourth-order valence-corrected chi connectivity index (χ4v) is 4.18. The molecule has 1 amide bonds. The van der Waals surface area contributed by atoms with E-state index in [0.717, 1.165) is 52.1 Å². The van der Waals surface area contributed by atoms with Crippen LogP contribution < -0.4 is 4.90 Å². The van der Waals surface area contributed by atoms with Crippen molar-refractivity contribution in [3.63, 3.8) is 0 Å². The van der Waals surface area contributed by atoms with E-state index in [1.165, 1.54) is 0 Å². The molecule has 0 radical (unpaired) electrons. The molecule has 0 atom stereocenters. The maximum Gasteiger partial charge on any atom is 0.254 e. The topological polar surface area (TPSA) is 58.6 Å². The van der Waals surface area contributed by atoms with Gasteiger partial charge in [-0.05, 0) is 38.0 Å². The average Bonchev–Trinajstić information content (AvgIpc) is 2.75. The summed E-state index contributed by atoms with van der Waals surface area (Å²) in [5, 5.41) is 0.774. The summed E-state index contributed by atoms with van der Waals surface area (Å²) < 4.78 is 5.34. The van der Waals surface area contributed by atoms with Gasteiger partial charge in [-0.3, -0.25) is 4.79 Å². The first kappa shape index (κ1) is 21.6. The van der Waals surface area contributed by atoms with Crippen molar-refractivity contribution >= 4 is 23.5 Å². The quantitative estimate of drug-likeness (QED) is 0.509. The van der Waals surface area contributed by atoms with Gasteiger partial charge in [0, 0.05) is 49.3 Å². The molecular weight excluding hydrogens is 384 g/mol. The van der Waals surface area contributed by atoms with Gasteiger partial charge >= 0.3 is 0 Å². The number of morpholine rings is 1. The summed E-state index contributed by atoms with van der Waals surface area (Å²) in [6.07, 6.45) is 1.07. The van der Waals surface area contributed by atoms with E-state index in [9.17, 15) is 4.79 Å². The number of hydrogen-bond acceptors (Lipinski definition) is 6. The summed E-state index contributed by atoms with van der Waals surface area (Å²) in [7, 11) is 2.08. The first-order valence-corrected chi connectivity index (χ1v) is 11.1. The third-order valence-corrected chi connectivity index (χ3v) is 6.02. The van der Waals surface area contributed by atoms with Crippen LogP contribution in [0.4, 0.5) is 5.82 Å². The number of amides is 1. The van der Waals surface area contributed by atoms with Crippen LogP contribution in [-0.4, -0.2) is 60.7 Å². The number of hydrogen-bond donors (Lipinski definition) is 0. The van der Waals surface area contributed by atoms with Crippen LogP contribution in [0.2, 0.25) is 0 Å². The van der Waals surface area contributed by atoms with E-state index in [0.29, 0.717) is 26.3 Å². The highest BCUT2D eigenvalue weighted by Crippen LogP contribution is 2.26. The van der Waals surface area contributed by atoms with Crippen molar-refractivity contribution in [3.05, 3.63) is 46.6 Å². The SMILES string of the molecule is CCCN(C)c1nc(SCc2cccc(C(=O)N3CCOCC3)c2)nc(C)c1C. The fraction of sp³-hybridized carbons (Fsp3) is 0.500. The molecule has 1 aromatic carbocycles. The molecule has 2 aromatic rings. The van der Waals surface area contributed by atoms with Crippen molar-refractivity contribution in [2.75, 3.05) is 44.8 Å². The Morgan fingerprint density at radius 3 is 2.72 bits per heavy atom. The van der Waals surface area contributed by atoms with Crippen LogP contribution in [0.15, 0.2) is 29.4 Å². The molecule has 0 aliphatic carbocycles. The average molecular weight is 415 g/mol. The van der Waals surface area contributed by atoms with Crippen LogP contribution >= 0.6 is 11.8 Å². The molecule has 2 heterocycles. The lowest BCUT2D eigenvalue weighted by Crippen LogP contribution is -2.40. The Bertz CT molecular complexity index is 853. The third kappa shape index (κ3) is 5.48. The predicted octanol–water partition coefficient (Wildman–Crippen LogP) is 3.70. The van der Waals surface area contributed by atoms with Crippen LogP contribution in [0.3, 0.4) is 0 Å². The maximum atomic E-state index is 12.7. The second-order valence-electron chi connectivity index (χ2n) is 7.36. The molecule has 0 N–H and O–H groups in total. The van der Waals surface area contributed by atoms with Gasteiger partial charge in [-0.1, -0.05) is 30.8 Å².